The van der Waals surface area contributed by atoms with Crippen molar-refractivity contribution < 1.29 is 14.2 Å². The van der Waals surface area contributed by atoms with E-state index >= 15 is 0 Å². The summed E-state index contributed by atoms with van der Waals surface area (Å²) in [6.07, 6.45) is 2.18. The number of nitrogens with zero attached hydrogens (tertiary/aromatic N) is 1. The van der Waals surface area contributed by atoms with Crippen LogP contribution >= 0.6 is 0 Å². The molecular formula is C12H18N2O4. The second kappa shape index (κ2) is 6.51. The largest absolute Gasteiger partial charge is 0.475 e. The third kappa shape index (κ3) is 4.12. The molecule has 0 radical (unpaired) electrons. The molecule has 1 aliphatic carbocycles. The molecule has 1 heterocycles. The van der Waals surface area contributed by atoms with E-state index in [1.54, 1.807) is 7.11 Å². The summed E-state index contributed by atoms with van der Waals surface area (Å²) in [5.74, 6) is 1.51. The van der Waals surface area contributed by atoms with Gasteiger partial charge in [-0.2, -0.15) is 4.98 Å². The maximum absolute atomic E-state index is 11.4. The minimum Gasteiger partial charge on any atom is -0.475 e. The Labute approximate surface area is 105 Å². The molecule has 1 saturated carbocycles. The number of aromatic amines is 1. The van der Waals surface area contributed by atoms with Crippen molar-refractivity contribution in [2.24, 2.45) is 0 Å². The average molecular weight is 254 g/mol. The Kier molecular flexibility index (Phi) is 4.72. The van der Waals surface area contributed by atoms with Crippen LogP contribution in [0.1, 0.15) is 24.6 Å². The number of methoxy groups -OCH3 is 1. The molecule has 0 spiro atoms. The lowest BCUT2D eigenvalue weighted by Crippen LogP contribution is -2.14. The van der Waals surface area contributed by atoms with Crippen LogP contribution in [-0.2, 0) is 9.47 Å². The quantitative estimate of drug-likeness (QED) is 0.691. The highest BCUT2D eigenvalue weighted by Crippen LogP contribution is 2.37. The molecule has 0 amide bonds. The Bertz CT molecular complexity index is 428. The Morgan fingerprint density at radius 1 is 1.33 bits per heavy atom. The molecule has 0 aromatic carbocycles. The molecule has 100 valence electrons. The predicted molar refractivity (Wildman–Crippen MR) is 65.0 cm³/mol. The molecular weight excluding hydrogens is 236 g/mol. The number of hydrogen-bond acceptors (Lipinski definition) is 5. The van der Waals surface area contributed by atoms with Crippen LogP contribution in [0.15, 0.2) is 10.9 Å². The summed E-state index contributed by atoms with van der Waals surface area (Å²) in [6, 6.07) is 1.36. The summed E-state index contributed by atoms with van der Waals surface area (Å²) < 4.78 is 15.5. The number of H-pyrrole nitrogens is 1. The van der Waals surface area contributed by atoms with Gasteiger partial charge in [-0.25, -0.2) is 0 Å². The van der Waals surface area contributed by atoms with E-state index in [2.05, 4.69) is 9.97 Å². The van der Waals surface area contributed by atoms with Crippen molar-refractivity contribution in [1.29, 1.82) is 0 Å². The van der Waals surface area contributed by atoms with Crippen molar-refractivity contribution in [3.63, 3.8) is 0 Å². The van der Waals surface area contributed by atoms with Gasteiger partial charge in [0.15, 0.2) is 0 Å². The van der Waals surface area contributed by atoms with Crippen LogP contribution in [0.4, 0.5) is 0 Å². The Morgan fingerprint density at radius 2 is 2.11 bits per heavy atom. The lowest BCUT2D eigenvalue weighted by molar-refractivity contribution is 0.0536. The van der Waals surface area contributed by atoms with E-state index in [9.17, 15) is 4.79 Å². The molecule has 0 bridgehead atoms. The van der Waals surface area contributed by atoms with E-state index in [-0.39, 0.29) is 5.56 Å². The first-order chi connectivity index (χ1) is 8.79. The molecule has 18 heavy (non-hydrogen) atoms. The minimum atomic E-state index is -0.165. The molecule has 1 aliphatic rings. The zero-order valence-corrected chi connectivity index (χ0v) is 10.5. The van der Waals surface area contributed by atoms with E-state index in [4.69, 9.17) is 14.2 Å². The topological polar surface area (TPSA) is 73.4 Å². The van der Waals surface area contributed by atoms with Gasteiger partial charge in [-0.3, -0.25) is 4.79 Å². The SMILES string of the molecule is COCCOCCOc1cc(=O)[nH]c(C2CC2)n1. The van der Waals surface area contributed by atoms with Gasteiger partial charge in [-0.05, 0) is 12.8 Å². The van der Waals surface area contributed by atoms with E-state index in [1.165, 1.54) is 6.07 Å². The molecule has 2 rings (SSSR count). The van der Waals surface area contributed by atoms with Gasteiger partial charge in [-0.1, -0.05) is 0 Å². The minimum absolute atomic E-state index is 0.165. The lowest BCUT2D eigenvalue weighted by Gasteiger charge is -2.07. The second-order valence-corrected chi connectivity index (χ2v) is 4.20. The monoisotopic (exact) mass is 254 g/mol. The first-order valence-electron chi connectivity index (χ1n) is 6.10. The molecule has 6 heteroatoms. The van der Waals surface area contributed by atoms with Gasteiger partial charge < -0.3 is 19.2 Å². The first kappa shape index (κ1) is 13.0. The van der Waals surface area contributed by atoms with Crippen LogP contribution in [-0.4, -0.2) is 43.5 Å². The molecule has 1 aromatic heterocycles. The zero-order valence-electron chi connectivity index (χ0n) is 10.5. The maximum atomic E-state index is 11.4. The van der Waals surface area contributed by atoms with Crippen molar-refractivity contribution in [2.75, 3.05) is 33.5 Å². The third-order valence-electron chi connectivity index (χ3n) is 2.61. The molecule has 1 aromatic rings. The van der Waals surface area contributed by atoms with E-state index in [0.717, 1.165) is 18.7 Å². The highest BCUT2D eigenvalue weighted by atomic mass is 16.5. The number of aromatic nitrogens is 2. The van der Waals surface area contributed by atoms with Gasteiger partial charge in [0.1, 0.15) is 12.4 Å². The Balaban J connectivity index is 1.76. The van der Waals surface area contributed by atoms with Crippen LogP contribution in [0.3, 0.4) is 0 Å². The Hall–Kier alpha value is -1.40. The highest BCUT2D eigenvalue weighted by molar-refractivity contribution is 5.13. The van der Waals surface area contributed by atoms with Gasteiger partial charge in [0.2, 0.25) is 5.88 Å². The van der Waals surface area contributed by atoms with Crippen LogP contribution in [0.2, 0.25) is 0 Å². The fourth-order valence-corrected chi connectivity index (χ4v) is 1.53. The highest BCUT2D eigenvalue weighted by Gasteiger charge is 2.26. The lowest BCUT2D eigenvalue weighted by atomic mass is 10.4. The van der Waals surface area contributed by atoms with Gasteiger partial charge >= 0.3 is 0 Å². The van der Waals surface area contributed by atoms with Crippen LogP contribution in [0, 0.1) is 0 Å². The van der Waals surface area contributed by atoms with Crippen molar-refractivity contribution in [2.45, 2.75) is 18.8 Å². The first-order valence-corrected chi connectivity index (χ1v) is 6.10. The molecule has 0 atom stereocenters. The van der Waals surface area contributed by atoms with Gasteiger partial charge in [0.05, 0.1) is 25.9 Å². The van der Waals surface area contributed by atoms with Gasteiger partial charge in [-0.15, -0.1) is 0 Å². The maximum Gasteiger partial charge on any atom is 0.254 e. The molecule has 0 saturated heterocycles. The molecule has 0 unspecified atom stereocenters. The molecule has 0 aliphatic heterocycles. The summed E-state index contributed by atoms with van der Waals surface area (Å²) in [7, 11) is 1.62. The number of nitrogens with one attached hydrogen (secondary N) is 1. The molecule has 1 fully saturated rings. The van der Waals surface area contributed by atoms with Crippen molar-refractivity contribution >= 4 is 0 Å². The third-order valence-corrected chi connectivity index (χ3v) is 2.61. The van der Waals surface area contributed by atoms with Crippen molar-refractivity contribution in [3.05, 3.63) is 22.2 Å². The number of rotatable bonds is 8. The van der Waals surface area contributed by atoms with Crippen molar-refractivity contribution in [1.82, 2.24) is 9.97 Å². The summed E-state index contributed by atoms with van der Waals surface area (Å²) >= 11 is 0. The molecule has 1 N–H and O–H groups in total. The zero-order chi connectivity index (χ0) is 12.8. The summed E-state index contributed by atoms with van der Waals surface area (Å²) in [6.45, 7) is 1.94. The van der Waals surface area contributed by atoms with E-state index in [0.29, 0.717) is 38.2 Å². The van der Waals surface area contributed by atoms with Crippen LogP contribution in [0.5, 0.6) is 5.88 Å². The normalized spacial score (nSPS) is 14.7. The number of ether oxygens (including phenoxy) is 3. The van der Waals surface area contributed by atoms with E-state index < -0.39 is 0 Å². The summed E-state index contributed by atoms with van der Waals surface area (Å²) in [5.41, 5.74) is -0.165. The smallest absolute Gasteiger partial charge is 0.254 e. The summed E-state index contributed by atoms with van der Waals surface area (Å²) in [4.78, 5) is 18.4. The second-order valence-electron chi connectivity index (χ2n) is 4.20. The Morgan fingerprint density at radius 3 is 2.83 bits per heavy atom. The predicted octanol–water partition coefficient (Wildman–Crippen LogP) is 0.689. The molecule has 6 nitrogen and oxygen atoms in total. The van der Waals surface area contributed by atoms with Gasteiger partial charge in [0.25, 0.3) is 5.56 Å². The number of hydrogen-bond donors (Lipinski definition) is 1. The fraction of sp³-hybridized carbons (Fsp3) is 0.667. The fourth-order valence-electron chi connectivity index (χ4n) is 1.53. The van der Waals surface area contributed by atoms with Crippen LogP contribution < -0.4 is 10.3 Å². The van der Waals surface area contributed by atoms with Crippen molar-refractivity contribution in [3.8, 4) is 5.88 Å². The standard InChI is InChI=1S/C12H18N2O4/c1-16-4-5-17-6-7-18-11-8-10(15)13-12(14-11)9-2-3-9/h8-9H,2-7H2,1H3,(H,13,14,15). The average Bonchev–Trinajstić information content (AvgIpc) is 3.17. The van der Waals surface area contributed by atoms with Crippen LogP contribution in [0.25, 0.3) is 0 Å². The summed E-state index contributed by atoms with van der Waals surface area (Å²) in [5, 5.41) is 0. The van der Waals surface area contributed by atoms with Gasteiger partial charge in [0, 0.05) is 13.0 Å². The van der Waals surface area contributed by atoms with E-state index in [1.807, 2.05) is 0 Å².